The molecule has 108 valence electrons. The number of carbonyl (C=O) groups is 2. The molecular formula is C18H13NO2S. The van der Waals surface area contributed by atoms with Crippen molar-refractivity contribution in [3.05, 3.63) is 76.4 Å². The minimum Gasteiger partial charge on any atom is -0.316 e. The van der Waals surface area contributed by atoms with E-state index in [4.69, 9.17) is 0 Å². The lowest BCUT2D eigenvalue weighted by Crippen LogP contribution is -2.25. The predicted octanol–water partition coefficient (Wildman–Crippen LogP) is 4.10. The Morgan fingerprint density at radius 3 is 2.36 bits per heavy atom. The van der Waals surface area contributed by atoms with E-state index in [1.165, 1.54) is 11.8 Å². The van der Waals surface area contributed by atoms with Gasteiger partial charge in [-0.25, -0.2) is 0 Å². The molecule has 1 aliphatic heterocycles. The Kier molecular flexibility index (Phi) is 2.94. The van der Waals surface area contributed by atoms with Crippen LogP contribution >= 0.6 is 11.8 Å². The maximum Gasteiger partial charge on any atom is 0.284 e. The van der Waals surface area contributed by atoms with Crippen LogP contribution in [0.15, 0.2) is 54.1 Å². The maximum absolute atomic E-state index is 12.8. The molecular weight excluding hydrogens is 294 g/mol. The van der Waals surface area contributed by atoms with Crippen LogP contribution in [-0.4, -0.2) is 11.0 Å². The molecule has 3 nitrogen and oxygen atoms in total. The van der Waals surface area contributed by atoms with Crippen LogP contribution in [0.4, 0.5) is 4.79 Å². The highest BCUT2D eigenvalue weighted by atomic mass is 32.2. The van der Waals surface area contributed by atoms with E-state index in [2.05, 4.69) is 5.32 Å². The van der Waals surface area contributed by atoms with E-state index in [0.717, 1.165) is 16.7 Å². The van der Waals surface area contributed by atoms with E-state index in [-0.39, 0.29) is 16.3 Å². The SMILES string of the molecule is Cc1ccc(C2SC(=O)NC3=C2C(=O)c2ccccc23)cc1. The van der Waals surface area contributed by atoms with Gasteiger partial charge in [0.15, 0.2) is 5.78 Å². The second-order valence-electron chi connectivity index (χ2n) is 5.48. The van der Waals surface area contributed by atoms with E-state index in [1.807, 2.05) is 55.5 Å². The maximum atomic E-state index is 12.8. The second-order valence-corrected chi connectivity index (χ2v) is 6.56. The third kappa shape index (κ3) is 1.91. The van der Waals surface area contributed by atoms with Crippen LogP contribution in [0.3, 0.4) is 0 Å². The first-order valence-corrected chi connectivity index (χ1v) is 7.95. The van der Waals surface area contributed by atoms with Gasteiger partial charge in [-0.2, -0.15) is 0 Å². The van der Waals surface area contributed by atoms with Gasteiger partial charge < -0.3 is 5.32 Å². The summed E-state index contributed by atoms with van der Waals surface area (Å²) in [5.74, 6) is 0.0173. The molecule has 2 aromatic rings. The first-order valence-electron chi connectivity index (χ1n) is 7.07. The number of hydrogen-bond donors (Lipinski definition) is 1. The highest BCUT2D eigenvalue weighted by Crippen LogP contribution is 2.47. The summed E-state index contributed by atoms with van der Waals surface area (Å²) in [7, 11) is 0. The molecule has 1 amide bonds. The van der Waals surface area contributed by atoms with Crippen LogP contribution in [0, 0.1) is 6.92 Å². The summed E-state index contributed by atoms with van der Waals surface area (Å²) in [6.45, 7) is 2.02. The van der Waals surface area contributed by atoms with Gasteiger partial charge in [0.2, 0.25) is 0 Å². The lowest BCUT2D eigenvalue weighted by atomic mass is 10.00. The molecule has 0 spiro atoms. The summed E-state index contributed by atoms with van der Waals surface area (Å²) in [4.78, 5) is 24.8. The lowest BCUT2D eigenvalue weighted by Gasteiger charge is -2.24. The zero-order chi connectivity index (χ0) is 15.3. The molecule has 4 heteroatoms. The number of aryl methyl sites for hydroxylation is 1. The average molecular weight is 307 g/mol. The van der Waals surface area contributed by atoms with Gasteiger partial charge in [-0.15, -0.1) is 0 Å². The Balaban J connectivity index is 1.88. The first kappa shape index (κ1) is 13.3. The summed E-state index contributed by atoms with van der Waals surface area (Å²) in [5, 5.41) is 2.50. The largest absolute Gasteiger partial charge is 0.316 e. The molecule has 1 unspecified atom stereocenters. The quantitative estimate of drug-likeness (QED) is 0.862. The van der Waals surface area contributed by atoms with Crippen LogP contribution in [-0.2, 0) is 0 Å². The van der Waals surface area contributed by atoms with Crippen molar-refractivity contribution in [1.82, 2.24) is 5.32 Å². The van der Waals surface area contributed by atoms with Gasteiger partial charge in [-0.1, -0.05) is 65.9 Å². The topological polar surface area (TPSA) is 46.2 Å². The first-order chi connectivity index (χ1) is 10.6. The summed E-state index contributed by atoms with van der Waals surface area (Å²) in [6.07, 6.45) is 0. The van der Waals surface area contributed by atoms with Gasteiger partial charge in [-0.3, -0.25) is 9.59 Å². The summed E-state index contributed by atoms with van der Waals surface area (Å²) >= 11 is 1.17. The number of nitrogens with one attached hydrogen (secondary N) is 1. The van der Waals surface area contributed by atoms with Crippen LogP contribution < -0.4 is 5.32 Å². The number of thioether (sulfide) groups is 1. The molecule has 1 atom stereocenters. The third-order valence-electron chi connectivity index (χ3n) is 4.05. The van der Waals surface area contributed by atoms with Crippen molar-refractivity contribution >= 4 is 28.5 Å². The minimum absolute atomic E-state index is 0.0173. The molecule has 22 heavy (non-hydrogen) atoms. The number of carbonyl (C=O) groups excluding carboxylic acids is 2. The number of fused-ring (bicyclic) bond motifs is 2. The molecule has 1 aliphatic carbocycles. The number of ketones is 1. The van der Waals surface area contributed by atoms with Gasteiger partial charge in [0, 0.05) is 16.7 Å². The molecule has 0 aromatic heterocycles. The van der Waals surface area contributed by atoms with Gasteiger partial charge in [0.25, 0.3) is 5.24 Å². The number of Topliss-reactive ketones (excluding diaryl/α,β-unsaturated/α-hetero) is 1. The van der Waals surface area contributed by atoms with E-state index >= 15 is 0 Å². The molecule has 1 N–H and O–H groups in total. The minimum atomic E-state index is -0.246. The fourth-order valence-electron chi connectivity index (χ4n) is 2.96. The number of amides is 1. The Bertz CT molecular complexity index is 836. The van der Waals surface area contributed by atoms with Crippen LogP contribution in [0.2, 0.25) is 0 Å². The van der Waals surface area contributed by atoms with E-state index < -0.39 is 0 Å². The number of hydrogen-bond acceptors (Lipinski definition) is 3. The highest BCUT2D eigenvalue weighted by Gasteiger charge is 2.40. The summed E-state index contributed by atoms with van der Waals surface area (Å²) in [6, 6.07) is 15.4. The Morgan fingerprint density at radius 1 is 0.955 bits per heavy atom. The zero-order valence-corrected chi connectivity index (χ0v) is 12.7. The number of benzene rings is 2. The van der Waals surface area contributed by atoms with Crippen molar-refractivity contribution in [2.45, 2.75) is 12.2 Å². The van der Waals surface area contributed by atoms with Gasteiger partial charge >= 0.3 is 0 Å². The predicted molar refractivity (Wildman–Crippen MR) is 87.7 cm³/mol. The molecule has 4 rings (SSSR count). The monoisotopic (exact) mass is 307 g/mol. The van der Waals surface area contributed by atoms with Gasteiger partial charge in [-0.05, 0) is 12.5 Å². The fraction of sp³-hybridized carbons (Fsp3) is 0.111. The average Bonchev–Trinajstić information content (AvgIpc) is 2.81. The van der Waals surface area contributed by atoms with Gasteiger partial charge in [0.05, 0.1) is 10.9 Å². The molecule has 2 aromatic carbocycles. The van der Waals surface area contributed by atoms with Crippen LogP contribution in [0.1, 0.15) is 32.3 Å². The molecule has 0 bridgehead atoms. The van der Waals surface area contributed by atoms with Crippen molar-refractivity contribution in [3.63, 3.8) is 0 Å². The molecule has 0 saturated heterocycles. The van der Waals surface area contributed by atoms with Crippen molar-refractivity contribution in [1.29, 1.82) is 0 Å². The van der Waals surface area contributed by atoms with Crippen molar-refractivity contribution in [2.75, 3.05) is 0 Å². The summed E-state index contributed by atoms with van der Waals surface area (Å²) in [5.41, 5.74) is 5.01. The Labute approximate surface area is 132 Å². The molecule has 0 saturated carbocycles. The van der Waals surface area contributed by atoms with E-state index in [0.29, 0.717) is 16.8 Å². The molecule has 0 radical (unpaired) electrons. The highest BCUT2D eigenvalue weighted by molar-refractivity contribution is 8.14. The van der Waals surface area contributed by atoms with Crippen LogP contribution in [0.5, 0.6) is 0 Å². The smallest absolute Gasteiger partial charge is 0.284 e. The van der Waals surface area contributed by atoms with Crippen molar-refractivity contribution < 1.29 is 9.59 Å². The standard InChI is InChI=1S/C18H13NO2S/c1-10-6-8-11(9-7-10)17-14-15(19-18(21)22-17)12-4-2-3-5-13(12)16(14)20/h2-9,17H,1H3,(H,19,21). The van der Waals surface area contributed by atoms with Gasteiger partial charge in [0.1, 0.15) is 0 Å². The third-order valence-corrected chi connectivity index (χ3v) is 5.11. The molecule has 2 aliphatic rings. The van der Waals surface area contributed by atoms with Crippen LogP contribution in [0.25, 0.3) is 5.70 Å². The Hall–Kier alpha value is -2.33. The molecule has 1 heterocycles. The lowest BCUT2D eigenvalue weighted by molar-refractivity contribution is 0.103. The normalized spacial score (nSPS) is 19.8. The fourth-order valence-corrected chi connectivity index (χ4v) is 3.97. The van der Waals surface area contributed by atoms with E-state index in [1.54, 1.807) is 0 Å². The zero-order valence-electron chi connectivity index (χ0n) is 11.9. The number of rotatable bonds is 1. The van der Waals surface area contributed by atoms with Crippen molar-refractivity contribution in [2.24, 2.45) is 0 Å². The summed E-state index contributed by atoms with van der Waals surface area (Å²) < 4.78 is 0. The molecule has 0 fully saturated rings. The van der Waals surface area contributed by atoms with Crippen molar-refractivity contribution in [3.8, 4) is 0 Å². The Morgan fingerprint density at radius 2 is 1.64 bits per heavy atom. The van der Waals surface area contributed by atoms with E-state index in [9.17, 15) is 9.59 Å². The second kappa shape index (κ2) is 4.85.